The monoisotopic (exact) mass is 294 g/mol. The Balaban J connectivity index is 2.02. The first kappa shape index (κ1) is 15.0. The van der Waals surface area contributed by atoms with E-state index in [1.54, 1.807) is 18.2 Å². The lowest BCUT2D eigenvalue weighted by atomic mass is 9.88. The van der Waals surface area contributed by atoms with Crippen molar-refractivity contribution in [3.05, 3.63) is 23.8 Å². The molecule has 1 saturated carbocycles. The number of benzene rings is 1. The van der Waals surface area contributed by atoms with E-state index in [9.17, 15) is 9.90 Å². The quantitative estimate of drug-likeness (QED) is 0.589. The maximum atomic E-state index is 12.2. The highest BCUT2D eigenvalue weighted by atomic mass is 32.2. The molecule has 0 radical (unpaired) electrons. The number of phenols is 1. The Labute approximate surface area is 124 Å². The summed E-state index contributed by atoms with van der Waals surface area (Å²) in [4.78, 5) is 12.2. The molecule has 0 aromatic heterocycles. The van der Waals surface area contributed by atoms with Gasteiger partial charge in [-0.3, -0.25) is 4.79 Å². The van der Waals surface area contributed by atoms with Crippen molar-refractivity contribution in [3.8, 4) is 5.75 Å². The average Bonchev–Trinajstić information content (AvgIpc) is 2.48. The molecule has 0 atom stereocenters. The zero-order valence-corrected chi connectivity index (χ0v) is 12.6. The lowest BCUT2D eigenvalue weighted by molar-refractivity contribution is 0.0944. The Hall–Kier alpha value is -1.36. The van der Waals surface area contributed by atoms with E-state index >= 15 is 0 Å². The van der Waals surface area contributed by atoms with Gasteiger partial charge in [-0.1, -0.05) is 25.3 Å². The molecule has 1 aliphatic carbocycles. The topological polar surface area (TPSA) is 75.4 Å². The maximum absolute atomic E-state index is 12.2. The highest BCUT2D eigenvalue weighted by Gasteiger charge is 2.31. The zero-order chi connectivity index (χ0) is 14.6. The number of para-hydroxylation sites is 1. The van der Waals surface area contributed by atoms with Crippen LogP contribution in [-0.2, 0) is 0 Å². The van der Waals surface area contributed by atoms with Crippen LogP contribution in [0.15, 0.2) is 18.2 Å². The fraction of sp³-hybridized carbons (Fsp3) is 0.533. The van der Waals surface area contributed by atoms with E-state index in [1.165, 1.54) is 19.3 Å². The summed E-state index contributed by atoms with van der Waals surface area (Å²) in [5.74, 6) is -0.388. The molecule has 1 amide bonds. The Bertz CT molecular complexity index is 485. The van der Waals surface area contributed by atoms with Crippen molar-refractivity contribution in [2.45, 2.75) is 36.9 Å². The second-order valence-corrected chi connectivity index (χ2v) is 6.65. The van der Waals surface area contributed by atoms with Crippen molar-refractivity contribution in [1.29, 1.82) is 0 Å². The normalized spacial score (nSPS) is 17.6. The van der Waals surface area contributed by atoms with Gasteiger partial charge in [0.25, 0.3) is 5.91 Å². The van der Waals surface area contributed by atoms with E-state index in [1.807, 2.05) is 11.8 Å². The first-order chi connectivity index (χ1) is 9.58. The molecular formula is C15H22N2O2S. The summed E-state index contributed by atoms with van der Waals surface area (Å²) in [6, 6.07) is 4.85. The van der Waals surface area contributed by atoms with Gasteiger partial charge in [-0.05, 0) is 31.2 Å². The van der Waals surface area contributed by atoms with Gasteiger partial charge in [0.05, 0.1) is 11.3 Å². The summed E-state index contributed by atoms with van der Waals surface area (Å²) in [7, 11) is 0. The highest BCUT2D eigenvalue weighted by Crippen LogP contribution is 2.38. The Morgan fingerprint density at radius 3 is 2.75 bits per heavy atom. The van der Waals surface area contributed by atoms with Crippen LogP contribution in [0.1, 0.15) is 42.5 Å². The average molecular weight is 294 g/mol. The minimum Gasteiger partial charge on any atom is -0.505 e. The number of carbonyl (C=O) groups is 1. The largest absolute Gasteiger partial charge is 0.505 e. The van der Waals surface area contributed by atoms with Crippen molar-refractivity contribution in [2.75, 3.05) is 18.5 Å². The highest BCUT2D eigenvalue weighted by molar-refractivity contribution is 8.00. The number of anilines is 1. The number of hydrogen-bond donors (Lipinski definition) is 3. The van der Waals surface area contributed by atoms with E-state index < -0.39 is 0 Å². The van der Waals surface area contributed by atoms with Crippen molar-refractivity contribution in [1.82, 2.24) is 5.32 Å². The molecule has 20 heavy (non-hydrogen) atoms. The Morgan fingerprint density at radius 2 is 2.10 bits per heavy atom. The molecule has 0 bridgehead atoms. The number of phenolic OH excluding ortho intramolecular Hbond substituents is 1. The van der Waals surface area contributed by atoms with E-state index in [0.717, 1.165) is 12.8 Å². The van der Waals surface area contributed by atoms with Crippen molar-refractivity contribution in [2.24, 2.45) is 0 Å². The van der Waals surface area contributed by atoms with Gasteiger partial charge in [-0.25, -0.2) is 0 Å². The van der Waals surface area contributed by atoms with Crippen molar-refractivity contribution >= 4 is 23.4 Å². The molecule has 0 unspecified atom stereocenters. The van der Waals surface area contributed by atoms with Gasteiger partial charge >= 0.3 is 0 Å². The summed E-state index contributed by atoms with van der Waals surface area (Å²) in [5, 5.41) is 12.8. The molecule has 5 heteroatoms. The first-order valence-electron chi connectivity index (χ1n) is 6.99. The van der Waals surface area contributed by atoms with E-state index in [0.29, 0.717) is 6.54 Å². The van der Waals surface area contributed by atoms with Crippen molar-refractivity contribution < 1.29 is 9.90 Å². The Morgan fingerprint density at radius 1 is 1.40 bits per heavy atom. The molecule has 4 N–H and O–H groups in total. The number of aromatic hydroxyl groups is 1. The van der Waals surface area contributed by atoms with E-state index in [2.05, 4.69) is 11.6 Å². The lowest BCUT2D eigenvalue weighted by Gasteiger charge is -2.35. The van der Waals surface area contributed by atoms with Gasteiger partial charge in [0.15, 0.2) is 5.75 Å². The molecule has 1 aromatic rings. The number of nitrogen functional groups attached to an aromatic ring is 1. The van der Waals surface area contributed by atoms with Gasteiger partial charge in [0.2, 0.25) is 0 Å². The van der Waals surface area contributed by atoms with Gasteiger partial charge in [-0.15, -0.1) is 0 Å². The molecule has 0 heterocycles. The molecule has 0 saturated heterocycles. The van der Waals surface area contributed by atoms with Crippen LogP contribution in [0.5, 0.6) is 5.75 Å². The zero-order valence-electron chi connectivity index (χ0n) is 11.8. The second-order valence-electron chi connectivity index (χ2n) is 5.37. The third kappa shape index (κ3) is 3.20. The fourth-order valence-corrected chi connectivity index (χ4v) is 3.64. The SMILES string of the molecule is CSC1(CNC(=O)c2cccc(N)c2O)CCCCC1. The number of rotatable bonds is 4. The number of hydrogen-bond acceptors (Lipinski definition) is 4. The maximum Gasteiger partial charge on any atom is 0.255 e. The number of amides is 1. The Kier molecular flexibility index (Phi) is 4.81. The molecule has 1 aliphatic rings. The van der Waals surface area contributed by atoms with Crippen LogP contribution in [-0.4, -0.2) is 28.6 Å². The predicted octanol–water partition coefficient (Wildman–Crippen LogP) is 2.77. The van der Waals surface area contributed by atoms with Crippen molar-refractivity contribution in [3.63, 3.8) is 0 Å². The summed E-state index contributed by atoms with van der Waals surface area (Å²) in [6.07, 6.45) is 8.11. The standard InChI is InChI=1S/C15H22N2O2S/c1-20-15(8-3-2-4-9-15)10-17-14(19)11-6-5-7-12(16)13(11)18/h5-7,18H,2-4,8-10,16H2,1H3,(H,17,19). The molecule has 0 spiro atoms. The molecule has 2 rings (SSSR count). The summed E-state index contributed by atoms with van der Waals surface area (Å²) in [5.41, 5.74) is 6.09. The molecule has 1 fully saturated rings. The molecule has 1 aromatic carbocycles. The number of nitrogens with two attached hydrogens (primary N) is 1. The van der Waals surface area contributed by atoms with Crippen LogP contribution >= 0.6 is 11.8 Å². The minimum atomic E-state index is -0.256. The van der Waals surface area contributed by atoms with Gasteiger partial charge in [0, 0.05) is 11.3 Å². The molecule has 4 nitrogen and oxygen atoms in total. The third-order valence-corrected chi connectivity index (χ3v) is 5.50. The smallest absolute Gasteiger partial charge is 0.255 e. The van der Waals surface area contributed by atoms with Crippen LogP contribution < -0.4 is 11.1 Å². The lowest BCUT2D eigenvalue weighted by Crippen LogP contribution is -2.41. The van der Waals surface area contributed by atoms with Crippen LogP contribution in [0.3, 0.4) is 0 Å². The van der Waals surface area contributed by atoms with Gasteiger partial charge < -0.3 is 16.2 Å². The predicted molar refractivity (Wildman–Crippen MR) is 84.2 cm³/mol. The second kappa shape index (κ2) is 6.39. The number of carbonyl (C=O) groups excluding carboxylic acids is 1. The molecule has 0 aliphatic heterocycles. The number of nitrogens with one attached hydrogen (secondary N) is 1. The van der Waals surface area contributed by atoms with Gasteiger partial charge in [-0.2, -0.15) is 11.8 Å². The van der Waals surface area contributed by atoms with Gasteiger partial charge in [0.1, 0.15) is 0 Å². The summed E-state index contributed by atoms with van der Waals surface area (Å²) in [6.45, 7) is 0.640. The van der Waals surface area contributed by atoms with Crippen LogP contribution in [0, 0.1) is 0 Å². The molecular weight excluding hydrogens is 272 g/mol. The van der Waals surface area contributed by atoms with E-state index in [-0.39, 0.29) is 27.7 Å². The number of thioether (sulfide) groups is 1. The van der Waals surface area contributed by atoms with E-state index in [4.69, 9.17) is 5.73 Å². The first-order valence-corrected chi connectivity index (χ1v) is 8.21. The minimum absolute atomic E-state index is 0.133. The van der Waals surface area contributed by atoms with Crippen LogP contribution in [0.4, 0.5) is 5.69 Å². The summed E-state index contributed by atoms with van der Waals surface area (Å²) >= 11 is 1.84. The van der Waals surface area contributed by atoms with Crippen LogP contribution in [0.25, 0.3) is 0 Å². The summed E-state index contributed by atoms with van der Waals surface area (Å²) < 4.78 is 0.143. The third-order valence-electron chi connectivity index (χ3n) is 4.08. The molecule has 110 valence electrons. The van der Waals surface area contributed by atoms with Crippen LogP contribution in [0.2, 0.25) is 0 Å². The fourth-order valence-electron chi connectivity index (χ4n) is 2.73.